The number of hydrogen-bond donors (Lipinski definition) is 1. The molecule has 5 nitrogen and oxygen atoms in total. The fraction of sp³-hybridized carbons (Fsp3) is 0.800. The molecule has 2 rings (SSSR count). The summed E-state index contributed by atoms with van der Waals surface area (Å²) in [6.07, 6.45) is 6.23. The van der Waals surface area contributed by atoms with Crippen molar-refractivity contribution in [3.63, 3.8) is 0 Å². The zero-order chi connectivity index (χ0) is 14.9. The fourth-order valence-electron chi connectivity index (χ4n) is 3.24. The molecule has 2 aliphatic rings. The van der Waals surface area contributed by atoms with Gasteiger partial charge in [0.1, 0.15) is 5.41 Å². The van der Waals surface area contributed by atoms with Crippen molar-refractivity contribution in [1.29, 1.82) is 0 Å². The first-order valence-corrected chi connectivity index (χ1v) is 7.57. The molecule has 20 heavy (non-hydrogen) atoms. The highest BCUT2D eigenvalue weighted by Gasteiger charge is 2.49. The molecule has 0 atom stereocenters. The largest absolute Gasteiger partial charge is 0.331 e. The molecule has 0 radical (unpaired) electrons. The third kappa shape index (κ3) is 2.58. The highest BCUT2D eigenvalue weighted by atomic mass is 16.2. The van der Waals surface area contributed by atoms with E-state index in [1.54, 1.807) is 13.8 Å². The van der Waals surface area contributed by atoms with Crippen molar-refractivity contribution < 1.29 is 14.4 Å². The number of carbonyl (C=O) groups is 3. The van der Waals surface area contributed by atoms with E-state index in [1.165, 1.54) is 17.7 Å². The Morgan fingerprint density at radius 3 is 2.30 bits per heavy atom. The number of nitrogens with one attached hydrogen (secondary N) is 1. The Morgan fingerprint density at radius 2 is 1.75 bits per heavy atom. The van der Waals surface area contributed by atoms with Crippen LogP contribution in [0.2, 0.25) is 0 Å². The quantitative estimate of drug-likeness (QED) is 0.807. The first-order valence-electron chi connectivity index (χ1n) is 7.57. The molecular weight excluding hydrogens is 256 g/mol. The number of carbonyl (C=O) groups excluding carboxylic acids is 3. The predicted octanol–water partition coefficient (Wildman–Crippen LogP) is 2.45. The first-order chi connectivity index (χ1) is 9.37. The van der Waals surface area contributed by atoms with Crippen LogP contribution in [-0.4, -0.2) is 28.8 Å². The maximum absolute atomic E-state index is 12.4. The van der Waals surface area contributed by atoms with Crippen LogP contribution in [0.3, 0.4) is 0 Å². The van der Waals surface area contributed by atoms with Gasteiger partial charge in [-0.15, -0.1) is 0 Å². The van der Waals surface area contributed by atoms with Crippen molar-refractivity contribution in [3.05, 3.63) is 0 Å². The van der Waals surface area contributed by atoms with Gasteiger partial charge in [-0.1, -0.05) is 19.8 Å². The number of imide groups is 2. The lowest BCUT2D eigenvalue weighted by Gasteiger charge is -2.41. The highest BCUT2D eigenvalue weighted by molar-refractivity contribution is 6.18. The third-order valence-electron chi connectivity index (χ3n) is 4.64. The second kappa shape index (κ2) is 5.54. The molecule has 1 saturated carbocycles. The van der Waals surface area contributed by atoms with Gasteiger partial charge in [0, 0.05) is 6.04 Å². The van der Waals surface area contributed by atoms with Gasteiger partial charge in [0.05, 0.1) is 0 Å². The lowest BCUT2D eigenvalue weighted by molar-refractivity contribution is -0.151. The average molecular weight is 280 g/mol. The minimum Gasteiger partial charge on any atom is -0.277 e. The SMILES string of the molecule is CCCC1CCC(N2C(=O)NC(=O)C(C)(C)C2=O)CC1. The van der Waals surface area contributed by atoms with Crippen molar-refractivity contribution >= 4 is 17.8 Å². The van der Waals surface area contributed by atoms with Crippen LogP contribution in [0.4, 0.5) is 4.79 Å². The Morgan fingerprint density at radius 1 is 1.15 bits per heavy atom. The first kappa shape index (κ1) is 15.0. The number of nitrogens with zero attached hydrogens (tertiary/aromatic N) is 1. The van der Waals surface area contributed by atoms with Crippen molar-refractivity contribution in [3.8, 4) is 0 Å². The summed E-state index contributed by atoms with van der Waals surface area (Å²) >= 11 is 0. The molecule has 0 aromatic heterocycles. The minimum atomic E-state index is -1.14. The van der Waals surface area contributed by atoms with Crippen LogP contribution in [0.1, 0.15) is 59.3 Å². The molecule has 0 unspecified atom stereocenters. The van der Waals surface area contributed by atoms with Gasteiger partial charge in [-0.2, -0.15) is 0 Å². The van der Waals surface area contributed by atoms with Gasteiger partial charge < -0.3 is 0 Å². The summed E-state index contributed by atoms with van der Waals surface area (Å²) in [7, 11) is 0. The molecule has 1 aliphatic carbocycles. The Kier molecular flexibility index (Phi) is 4.16. The standard InChI is InChI=1S/C15H24N2O3/c1-4-5-10-6-8-11(9-7-10)17-13(19)15(2,3)12(18)16-14(17)20/h10-11H,4-9H2,1-3H3,(H,16,18,20). The van der Waals surface area contributed by atoms with E-state index in [4.69, 9.17) is 0 Å². The lowest BCUT2D eigenvalue weighted by atomic mass is 9.81. The van der Waals surface area contributed by atoms with Crippen molar-refractivity contribution in [1.82, 2.24) is 10.2 Å². The van der Waals surface area contributed by atoms with E-state index in [9.17, 15) is 14.4 Å². The summed E-state index contributed by atoms with van der Waals surface area (Å²) in [6, 6.07) is -0.596. The molecule has 1 aliphatic heterocycles. The Hall–Kier alpha value is -1.39. The number of amides is 4. The average Bonchev–Trinajstić information content (AvgIpc) is 2.39. The van der Waals surface area contributed by atoms with E-state index in [0.717, 1.165) is 25.7 Å². The van der Waals surface area contributed by atoms with Crippen molar-refractivity contribution in [2.45, 2.75) is 65.3 Å². The summed E-state index contributed by atoms with van der Waals surface area (Å²) in [6.45, 7) is 5.33. The summed E-state index contributed by atoms with van der Waals surface area (Å²) in [4.78, 5) is 37.4. The molecule has 0 aromatic rings. The monoisotopic (exact) mass is 280 g/mol. The maximum atomic E-state index is 12.4. The van der Waals surface area contributed by atoms with E-state index in [1.807, 2.05) is 0 Å². The molecule has 2 fully saturated rings. The normalized spacial score (nSPS) is 30.4. The molecule has 1 N–H and O–H groups in total. The van der Waals surface area contributed by atoms with Gasteiger partial charge in [0.15, 0.2) is 0 Å². The molecule has 112 valence electrons. The Labute approximate surface area is 120 Å². The van der Waals surface area contributed by atoms with Gasteiger partial charge in [-0.05, 0) is 45.4 Å². The van der Waals surface area contributed by atoms with E-state index in [-0.39, 0.29) is 11.9 Å². The highest BCUT2D eigenvalue weighted by Crippen LogP contribution is 2.34. The fourth-order valence-corrected chi connectivity index (χ4v) is 3.24. The molecule has 1 heterocycles. The van der Waals surface area contributed by atoms with Crippen LogP contribution in [0, 0.1) is 11.3 Å². The third-order valence-corrected chi connectivity index (χ3v) is 4.64. The zero-order valence-corrected chi connectivity index (χ0v) is 12.6. The van der Waals surface area contributed by atoms with Crippen molar-refractivity contribution in [2.24, 2.45) is 11.3 Å². The van der Waals surface area contributed by atoms with Crippen LogP contribution in [0.15, 0.2) is 0 Å². The topological polar surface area (TPSA) is 66.5 Å². The molecule has 1 saturated heterocycles. The van der Waals surface area contributed by atoms with E-state index >= 15 is 0 Å². The number of urea groups is 1. The second-order valence-corrected chi connectivity index (χ2v) is 6.52. The maximum Gasteiger partial charge on any atom is 0.331 e. The van der Waals surface area contributed by atoms with E-state index in [2.05, 4.69) is 12.2 Å². The number of rotatable bonds is 3. The van der Waals surface area contributed by atoms with Crippen LogP contribution < -0.4 is 5.32 Å². The summed E-state index contributed by atoms with van der Waals surface area (Å²) in [5.74, 6) is -0.137. The number of barbiturate groups is 1. The molecule has 0 aromatic carbocycles. The molecule has 5 heteroatoms. The van der Waals surface area contributed by atoms with Gasteiger partial charge in [0.2, 0.25) is 11.8 Å². The van der Waals surface area contributed by atoms with Crippen LogP contribution >= 0.6 is 0 Å². The molecule has 0 spiro atoms. The predicted molar refractivity (Wildman–Crippen MR) is 74.8 cm³/mol. The minimum absolute atomic E-state index is 0.0528. The van der Waals surface area contributed by atoms with Crippen LogP contribution in [0.25, 0.3) is 0 Å². The van der Waals surface area contributed by atoms with Gasteiger partial charge >= 0.3 is 6.03 Å². The summed E-state index contributed by atoms with van der Waals surface area (Å²) < 4.78 is 0. The molecule has 4 amide bonds. The number of hydrogen-bond acceptors (Lipinski definition) is 3. The van der Waals surface area contributed by atoms with Gasteiger partial charge in [-0.25, -0.2) is 4.79 Å². The van der Waals surface area contributed by atoms with Gasteiger partial charge in [-0.3, -0.25) is 19.8 Å². The molecule has 0 bridgehead atoms. The summed E-state index contributed by atoms with van der Waals surface area (Å²) in [5.41, 5.74) is -1.14. The Balaban J connectivity index is 2.07. The smallest absolute Gasteiger partial charge is 0.277 e. The van der Waals surface area contributed by atoms with Crippen molar-refractivity contribution in [2.75, 3.05) is 0 Å². The van der Waals surface area contributed by atoms with Crippen LogP contribution in [-0.2, 0) is 9.59 Å². The van der Waals surface area contributed by atoms with Crippen LogP contribution in [0.5, 0.6) is 0 Å². The summed E-state index contributed by atoms with van der Waals surface area (Å²) in [5, 5.41) is 2.31. The van der Waals surface area contributed by atoms with E-state index in [0.29, 0.717) is 5.92 Å². The zero-order valence-electron chi connectivity index (χ0n) is 12.6. The lowest BCUT2D eigenvalue weighted by Crippen LogP contribution is -2.64. The Bertz CT molecular complexity index is 423. The van der Waals surface area contributed by atoms with E-state index < -0.39 is 17.4 Å². The second-order valence-electron chi connectivity index (χ2n) is 6.52. The molecular formula is C15H24N2O3. The van der Waals surface area contributed by atoms with Gasteiger partial charge in [0.25, 0.3) is 0 Å².